The van der Waals surface area contributed by atoms with E-state index in [1.54, 1.807) is 30.4 Å². The van der Waals surface area contributed by atoms with Gasteiger partial charge in [0.25, 0.3) is 0 Å². The van der Waals surface area contributed by atoms with Crippen LogP contribution >= 0.6 is 0 Å². The smallest absolute Gasteiger partial charge is 0.407 e. The summed E-state index contributed by atoms with van der Waals surface area (Å²) in [5, 5.41) is 5.30. The molecule has 0 saturated carbocycles. The fourth-order valence-corrected chi connectivity index (χ4v) is 7.79. The van der Waals surface area contributed by atoms with Crippen LogP contribution in [0.5, 0.6) is 0 Å². The van der Waals surface area contributed by atoms with Gasteiger partial charge in [0.15, 0.2) is 0 Å². The van der Waals surface area contributed by atoms with Crippen LogP contribution in [0.25, 0.3) is 28.0 Å². The molecule has 14 heteroatoms. The zero-order valence-electron chi connectivity index (χ0n) is 31.7. The monoisotopic (exact) mass is 758 g/mol. The first-order valence-corrected chi connectivity index (χ1v) is 18.9. The molecule has 2 aromatic carbocycles. The van der Waals surface area contributed by atoms with Gasteiger partial charge in [-0.15, -0.1) is 0 Å². The quantitative estimate of drug-likeness (QED) is 0.175. The zero-order chi connectivity index (χ0) is 39.2. The molecule has 0 bridgehead atoms. The van der Waals surface area contributed by atoms with Crippen molar-refractivity contribution in [1.82, 2.24) is 35.4 Å². The van der Waals surface area contributed by atoms with E-state index in [0.717, 1.165) is 70.5 Å². The number of nitrogens with one attached hydrogen (secondary N) is 3. The molecule has 2 aromatic heterocycles. The molecule has 0 spiro atoms. The first kappa shape index (κ1) is 38.0. The first-order valence-electron chi connectivity index (χ1n) is 18.9. The molecule has 5 heterocycles. The molecule has 0 unspecified atom stereocenters. The predicted molar refractivity (Wildman–Crippen MR) is 210 cm³/mol. The number of aliphatic imine (C=N–C) groups is 1. The van der Waals surface area contributed by atoms with Gasteiger partial charge >= 0.3 is 12.2 Å². The van der Waals surface area contributed by atoms with Crippen LogP contribution in [0, 0.1) is 0 Å². The van der Waals surface area contributed by atoms with Crippen molar-refractivity contribution < 1.29 is 28.7 Å². The van der Waals surface area contributed by atoms with Crippen LogP contribution in [0.1, 0.15) is 62.0 Å². The van der Waals surface area contributed by atoms with Gasteiger partial charge in [-0.05, 0) is 78.1 Å². The predicted octanol–water partition coefficient (Wildman–Crippen LogP) is 5.69. The number of hydrogen-bond donors (Lipinski definition) is 3. The van der Waals surface area contributed by atoms with Crippen molar-refractivity contribution in [3.05, 3.63) is 102 Å². The number of H-pyrrole nitrogens is 1. The molecule has 3 N–H and O–H groups in total. The third-order valence-electron chi connectivity index (χ3n) is 10.8. The Labute approximate surface area is 325 Å². The van der Waals surface area contributed by atoms with Gasteiger partial charge in [0.05, 0.1) is 38.2 Å². The summed E-state index contributed by atoms with van der Waals surface area (Å²) in [5.41, 5.74) is 7.99. The van der Waals surface area contributed by atoms with Gasteiger partial charge in [0.1, 0.15) is 17.9 Å². The van der Waals surface area contributed by atoms with Crippen LogP contribution < -0.4 is 10.6 Å². The number of ether oxygens (including phenoxy) is 2. The highest BCUT2D eigenvalue weighted by Crippen LogP contribution is 2.34. The number of allylic oxidation sites excluding steroid dienone is 1. The molecule has 4 amide bonds. The van der Waals surface area contributed by atoms with Gasteiger partial charge in [0.2, 0.25) is 11.8 Å². The van der Waals surface area contributed by atoms with Gasteiger partial charge in [-0.2, -0.15) is 0 Å². The number of pyridine rings is 1. The molecule has 4 atom stereocenters. The van der Waals surface area contributed by atoms with Crippen LogP contribution in [-0.4, -0.2) is 99.9 Å². The van der Waals surface area contributed by atoms with E-state index in [-0.39, 0.29) is 23.9 Å². The van der Waals surface area contributed by atoms with Gasteiger partial charge in [-0.25, -0.2) is 14.6 Å². The average Bonchev–Trinajstić information content (AvgIpc) is 4.07. The molecule has 4 aromatic rings. The molecular formula is C42H46N8O6. The summed E-state index contributed by atoms with van der Waals surface area (Å²) in [6.07, 6.45) is 10.0. The Balaban J connectivity index is 0.969. The summed E-state index contributed by atoms with van der Waals surface area (Å²) < 4.78 is 9.48. The number of carbonyl (C=O) groups is 4. The number of carbonyl (C=O) groups excluding carboxylic acids is 4. The van der Waals surface area contributed by atoms with Crippen molar-refractivity contribution in [2.45, 2.75) is 69.6 Å². The third-order valence-corrected chi connectivity index (χ3v) is 10.8. The maximum absolute atomic E-state index is 13.9. The lowest BCUT2D eigenvalue weighted by Gasteiger charge is -2.28. The van der Waals surface area contributed by atoms with E-state index >= 15 is 0 Å². The van der Waals surface area contributed by atoms with E-state index in [2.05, 4.69) is 73.9 Å². The van der Waals surface area contributed by atoms with Gasteiger partial charge in [-0.1, -0.05) is 48.5 Å². The Hall–Kier alpha value is -6.31. The van der Waals surface area contributed by atoms with Crippen LogP contribution in [-0.2, 0) is 25.5 Å². The minimum Gasteiger partial charge on any atom is -0.453 e. The van der Waals surface area contributed by atoms with E-state index in [0.29, 0.717) is 31.8 Å². The molecule has 56 heavy (non-hydrogen) atoms. The summed E-state index contributed by atoms with van der Waals surface area (Å²) in [5.74, 6) is 0.382. The zero-order valence-corrected chi connectivity index (χ0v) is 31.7. The van der Waals surface area contributed by atoms with Gasteiger partial charge < -0.3 is 34.9 Å². The topological polar surface area (TPSA) is 171 Å². The summed E-state index contributed by atoms with van der Waals surface area (Å²) >= 11 is 0. The number of nitrogens with zero attached hydrogens (tertiary/aromatic N) is 5. The average molecular weight is 759 g/mol. The molecule has 290 valence electrons. The number of benzene rings is 2. The van der Waals surface area contributed by atoms with Crippen molar-refractivity contribution in [2.24, 2.45) is 4.99 Å². The fourth-order valence-electron chi connectivity index (χ4n) is 7.79. The lowest BCUT2D eigenvalue weighted by Crippen LogP contribution is -2.50. The fraction of sp³-hybridized carbons (Fsp3) is 0.357. The number of hydrogen-bond acceptors (Lipinski definition) is 9. The molecule has 0 radical (unpaired) electrons. The third kappa shape index (κ3) is 8.33. The Morgan fingerprint density at radius 2 is 1.38 bits per heavy atom. The number of imidazole rings is 1. The normalized spacial score (nSPS) is 18.8. The molecule has 7 rings (SSSR count). The maximum atomic E-state index is 13.9. The Kier molecular flexibility index (Phi) is 11.5. The van der Waals surface area contributed by atoms with Crippen LogP contribution in [0.3, 0.4) is 0 Å². The van der Waals surface area contributed by atoms with E-state index < -0.39 is 24.3 Å². The molecule has 3 aliphatic heterocycles. The van der Waals surface area contributed by atoms with E-state index in [9.17, 15) is 19.2 Å². The number of aromatic nitrogens is 3. The molecule has 3 aliphatic rings. The summed E-state index contributed by atoms with van der Waals surface area (Å²) in [6, 6.07) is 18.5. The van der Waals surface area contributed by atoms with Crippen molar-refractivity contribution in [2.75, 3.05) is 27.3 Å². The number of aromatic amines is 1. The lowest BCUT2D eigenvalue weighted by atomic mass is 9.96. The number of methoxy groups -OCH3 is 2. The second-order valence-corrected chi connectivity index (χ2v) is 14.3. The lowest BCUT2D eigenvalue weighted by molar-refractivity contribution is -0.134. The molecule has 2 saturated heterocycles. The van der Waals surface area contributed by atoms with E-state index in [1.165, 1.54) is 14.2 Å². The van der Waals surface area contributed by atoms with Gasteiger partial charge in [-0.3, -0.25) is 19.6 Å². The minimum atomic E-state index is -0.796. The molecular weight excluding hydrogens is 713 g/mol. The highest BCUT2D eigenvalue weighted by molar-refractivity contribution is 6.03. The van der Waals surface area contributed by atoms with Crippen molar-refractivity contribution in [3.63, 3.8) is 0 Å². The second kappa shape index (κ2) is 17.0. The SMILES string of the molecule is COC(=O)N[C@@H](C)C(=O)N1CCC[C@H]1C1=NC=C(c2ccc(-c3ccc(-c4cnc([C@@H]5CCCN5C(=O)[C@H](Cc5ccncc5)NC(=O)OC)[nH]4)cc3)cc2)C1. The largest absolute Gasteiger partial charge is 0.453 e. The maximum Gasteiger partial charge on any atom is 0.407 e. The number of rotatable bonds is 11. The molecule has 14 nitrogen and oxygen atoms in total. The van der Waals surface area contributed by atoms with Crippen LogP contribution in [0.4, 0.5) is 9.59 Å². The van der Waals surface area contributed by atoms with Crippen molar-refractivity contribution in [3.8, 4) is 22.4 Å². The molecule has 0 aliphatic carbocycles. The van der Waals surface area contributed by atoms with Crippen molar-refractivity contribution in [1.29, 1.82) is 0 Å². The Bertz CT molecular complexity index is 2110. The first-order chi connectivity index (χ1) is 27.2. The van der Waals surface area contributed by atoms with Gasteiger partial charge in [0, 0.05) is 50.2 Å². The van der Waals surface area contributed by atoms with Crippen molar-refractivity contribution >= 4 is 35.3 Å². The number of alkyl carbamates (subject to hydrolysis) is 2. The number of amides is 4. The second-order valence-electron chi connectivity index (χ2n) is 14.3. The summed E-state index contributed by atoms with van der Waals surface area (Å²) in [6.45, 7) is 2.86. The van der Waals surface area contributed by atoms with E-state index in [1.807, 2.05) is 23.2 Å². The Morgan fingerprint density at radius 3 is 2.04 bits per heavy atom. The van der Waals surface area contributed by atoms with Crippen LogP contribution in [0.15, 0.2) is 90.4 Å². The Morgan fingerprint density at radius 1 is 0.786 bits per heavy atom. The summed E-state index contributed by atoms with van der Waals surface area (Å²) in [7, 11) is 2.56. The van der Waals surface area contributed by atoms with Crippen LogP contribution in [0.2, 0.25) is 0 Å². The molecule has 2 fully saturated rings. The standard InChI is InChI=1S/C42H46N8O6/c1-26(46-41(53)55-2)39(51)49-20-4-6-36(49)33-23-32(24-44-33)30-10-8-28(9-11-30)29-12-14-31(15-13-29)35-25-45-38(47-35)37-7-5-21-50(37)40(52)34(48-42(54)56-3)22-27-16-18-43-19-17-27/h8-19,24-26,34,36-37H,4-7,20-23H2,1-3H3,(H,45,47)(H,46,53)(H,48,54)/t26-,34-,36-,37-/m0/s1. The summed E-state index contributed by atoms with van der Waals surface area (Å²) in [4.78, 5) is 71.4. The minimum absolute atomic E-state index is 0.0905. The highest BCUT2D eigenvalue weighted by Gasteiger charge is 2.38. The number of likely N-dealkylation sites (tertiary alicyclic amines) is 2. The van der Waals surface area contributed by atoms with E-state index in [4.69, 9.17) is 14.7 Å². The highest BCUT2D eigenvalue weighted by atomic mass is 16.5.